The summed E-state index contributed by atoms with van der Waals surface area (Å²) < 4.78 is 43.3. The fraction of sp³-hybridized carbons (Fsp3) is 0.357. The van der Waals surface area contributed by atoms with Crippen LogP contribution in [0.2, 0.25) is 78.6 Å². The molecule has 0 saturated heterocycles. The van der Waals surface area contributed by atoms with E-state index >= 15 is 0 Å². The molecule has 2 aromatic heterocycles. The number of fused-ring (bicyclic) bond motifs is 6. The highest BCUT2D eigenvalue weighted by Crippen LogP contribution is 2.47. The van der Waals surface area contributed by atoms with E-state index in [1.165, 1.54) is 65.3 Å². The Labute approximate surface area is 410 Å². The zero-order chi connectivity index (χ0) is 49.7. The SMILES string of the molecule is Cc1cc([Si](C)(C)C)c2op(Oc3ccccc3-c3ccccc3Op3oc4c([Si](C)(C)C)cc(C)c(C)c4c4c(C)c(C)cc([Si](C)(C)C)c4o3)oc3c([Si](C)(C)C)cc(C)c(C)c3c2c1C. The Balaban J connectivity index is 1.40. The topological polar surface area (TPSA) is 71.0 Å². The Morgan fingerprint density at radius 1 is 0.338 bits per heavy atom. The molecule has 6 nitrogen and oxygen atoms in total. The molecule has 68 heavy (non-hydrogen) atoms. The van der Waals surface area contributed by atoms with Crippen molar-refractivity contribution in [2.45, 2.75) is 134 Å². The van der Waals surface area contributed by atoms with Gasteiger partial charge in [0.25, 0.3) is 0 Å². The van der Waals surface area contributed by atoms with Crippen molar-refractivity contribution in [3.63, 3.8) is 0 Å². The first-order valence-electron chi connectivity index (χ1n) is 24.0. The van der Waals surface area contributed by atoms with Crippen LogP contribution in [-0.2, 0) is 0 Å². The number of rotatable bonds is 9. The van der Waals surface area contributed by atoms with Crippen LogP contribution in [0, 0.1) is 55.4 Å². The molecule has 0 saturated carbocycles. The predicted octanol–water partition coefficient (Wildman–Crippen LogP) is 16.9. The molecular formula is C56H72O6P2Si4. The molecule has 0 radical (unpaired) electrons. The second kappa shape index (κ2) is 17.8. The molecule has 0 aliphatic heterocycles. The number of para-hydroxylation sites is 2. The van der Waals surface area contributed by atoms with Crippen molar-refractivity contribution < 1.29 is 25.8 Å². The van der Waals surface area contributed by atoms with Crippen LogP contribution in [0.3, 0.4) is 0 Å². The molecule has 8 aromatic rings. The number of aryl methyl sites for hydroxylation is 8. The van der Waals surface area contributed by atoms with Crippen LogP contribution < -0.4 is 29.8 Å². The average Bonchev–Trinajstić information content (AvgIpc) is 3.51. The fourth-order valence-corrected chi connectivity index (χ4v) is 18.1. The monoisotopic (exact) mass is 1010 g/mol. The predicted molar refractivity (Wildman–Crippen MR) is 306 cm³/mol. The lowest BCUT2D eigenvalue weighted by atomic mass is 9.97. The largest absolute Gasteiger partial charge is 0.453 e. The minimum absolute atomic E-state index is 0.641. The van der Waals surface area contributed by atoms with Gasteiger partial charge >= 0.3 is 16.5 Å². The summed E-state index contributed by atoms with van der Waals surface area (Å²) in [5, 5.41) is 9.62. The molecule has 2 heterocycles. The molecule has 0 aliphatic rings. The first-order chi connectivity index (χ1) is 31.6. The molecule has 358 valence electrons. The van der Waals surface area contributed by atoms with Crippen molar-refractivity contribution in [3.8, 4) is 22.6 Å². The lowest BCUT2D eigenvalue weighted by molar-refractivity contribution is 0.495. The highest BCUT2D eigenvalue weighted by Gasteiger charge is 2.31. The molecule has 0 bridgehead atoms. The van der Waals surface area contributed by atoms with Gasteiger partial charge in [0.1, 0.15) is 33.8 Å². The summed E-state index contributed by atoms with van der Waals surface area (Å²) in [5.74, 6) is 1.28. The van der Waals surface area contributed by atoms with Crippen molar-refractivity contribution in [3.05, 3.63) is 117 Å². The Hall–Kier alpha value is -4.41. The van der Waals surface area contributed by atoms with E-state index in [4.69, 9.17) is 25.8 Å². The van der Waals surface area contributed by atoms with E-state index in [-0.39, 0.29) is 0 Å². The van der Waals surface area contributed by atoms with Crippen molar-refractivity contribution in [2.24, 2.45) is 0 Å². The van der Waals surface area contributed by atoms with Crippen LogP contribution in [0.5, 0.6) is 11.5 Å². The number of hydrogen-bond donors (Lipinski definition) is 0. The van der Waals surface area contributed by atoms with Gasteiger partial charge in [0.15, 0.2) is 0 Å². The van der Waals surface area contributed by atoms with Crippen molar-refractivity contribution >= 4 is 113 Å². The Kier molecular flexibility index (Phi) is 13.1. The quantitative estimate of drug-likeness (QED) is 0.134. The zero-order valence-electron chi connectivity index (χ0n) is 44.3. The highest BCUT2D eigenvalue weighted by molar-refractivity contribution is 7.32. The normalized spacial score (nSPS) is 12.7. The summed E-state index contributed by atoms with van der Waals surface area (Å²) in [6.07, 6.45) is 0. The van der Waals surface area contributed by atoms with Gasteiger partial charge in [-0.3, -0.25) is 0 Å². The summed E-state index contributed by atoms with van der Waals surface area (Å²) in [4.78, 5) is 0. The van der Waals surface area contributed by atoms with Gasteiger partial charge in [0, 0.05) is 32.7 Å². The minimum atomic E-state index is -1.99. The molecule has 0 amide bonds. The standard InChI is InChI=1S/C56H72O6P2Si4/c1-33-29-45(65(9,10)11)53-49(37(33)5)50-38(6)34(2)30-46(66(12,13)14)54(50)60-63(59-53)57-43-27-23-21-25-41(43)42-26-22-24-28-44(42)58-64-61-55-47(67(15,16)17)31-35(3)39(7)51(55)52-40(8)36(4)32-48(56(52)62-64)68(18,19)20/h21-32H,1-20H3. The van der Waals surface area contributed by atoms with E-state index in [1.54, 1.807) is 0 Å². The Morgan fingerprint density at radius 3 is 0.779 bits per heavy atom. The second-order valence-electron chi connectivity index (χ2n) is 23.3. The van der Waals surface area contributed by atoms with Gasteiger partial charge in [-0.15, -0.1) is 0 Å². The van der Waals surface area contributed by atoms with E-state index in [2.05, 4.69) is 170 Å². The van der Waals surface area contributed by atoms with Crippen LogP contribution in [0.4, 0.5) is 0 Å². The van der Waals surface area contributed by atoms with Crippen LogP contribution in [0.25, 0.3) is 55.0 Å². The third-order valence-corrected chi connectivity index (χ3v) is 24.0. The molecule has 0 spiro atoms. The van der Waals surface area contributed by atoms with E-state index in [1.807, 2.05) is 36.4 Å². The minimum Gasteiger partial charge on any atom is -0.390 e. The van der Waals surface area contributed by atoms with Gasteiger partial charge in [0.05, 0.1) is 32.3 Å². The van der Waals surface area contributed by atoms with Gasteiger partial charge in [-0.1, -0.05) is 139 Å². The van der Waals surface area contributed by atoms with Gasteiger partial charge < -0.3 is 25.8 Å². The lowest BCUT2D eigenvalue weighted by Gasteiger charge is -2.22. The number of benzene rings is 6. The second-order valence-corrected chi connectivity index (χ2v) is 45.4. The highest BCUT2D eigenvalue weighted by atomic mass is 31.1. The van der Waals surface area contributed by atoms with Gasteiger partial charge in [-0.05, 0) is 133 Å². The fourth-order valence-electron chi connectivity index (χ4n) is 9.49. The van der Waals surface area contributed by atoms with E-state index < -0.39 is 48.8 Å². The lowest BCUT2D eigenvalue weighted by Crippen LogP contribution is -2.39. The summed E-state index contributed by atoms with van der Waals surface area (Å²) in [6.45, 7) is 46.5. The summed E-state index contributed by atoms with van der Waals surface area (Å²) in [5.41, 5.74) is 15.2. The van der Waals surface area contributed by atoms with Crippen LogP contribution >= 0.6 is 16.5 Å². The number of hydrogen-bond acceptors (Lipinski definition) is 6. The van der Waals surface area contributed by atoms with Crippen LogP contribution in [0.15, 0.2) is 89.6 Å². The first-order valence-corrected chi connectivity index (χ1v) is 40.2. The zero-order valence-corrected chi connectivity index (χ0v) is 50.1. The summed E-state index contributed by atoms with van der Waals surface area (Å²) in [6, 6.07) is 25.7. The van der Waals surface area contributed by atoms with E-state index in [0.29, 0.717) is 11.5 Å². The van der Waals surface area contributed by atoms with Crippen LogP contribution in [0.1, 0.15) is 44.5 Å². The van der Waals surface area contributed by atoms with Crippen molar-refractivity contribution in [2.75, 3.05) is 0 Å². The molecule has 6 aromatic carbocycles. The maximum Gasteiger partial charge on any atom is 0.453 e. The van der Waals surface area contributed by atoms with Crippen LogP contribution in [-0.4, -0.2) is 32.3 Å². The Bertz CT molecular complexity index is 3030. The van der Waals surface area contributed by atoms with E-state index in [9.17, 15) is 0 Å². The van der Waals surface area contributed by atoms with Gasteiger partial charge in [0.2, 0.25) is 0 Å². The summed E-state index contributed by atoms with van der Waals surface area (Å²) >= 11 is 0. The molecule has 8 rings (SSSR count). The smallest absolute Gasteiger partial charge is 0.390 e. The average molecular weight is 1020 g/mol. The first kappa shape index (κ1) is 50.0. The van der Waals surface area contributed by atoms with Gasteiger partial charge in [-0.2, -0.15) is 0 Å². The maximum absolute atomic E-state index is 7.24. The van der Waals surface area contributed by atoms with Gasteiger partial charge in [-0.25, -0.2) is 0 Å². The third kappa shape index (κ3) is 9.10. The Morgan fingerprint density at radius 2 is 0.559 bits per heavy atom. The molecular weight excluding hydrogens is 943 g/mol. The van der Waals surface area contributed by atoms with Crippen molar-refractivity contribution in [1.82, 2.24) is 0 Å². The van der Waals surface area contributed by atoms with E-state index in [0.717, 1.165) is 55.0 Å². The molecule has 0 atom stereocenters. The summed E-state index contributed by atoms with van der Waals surface area (Å²) in [7, 11) is -11.8. The van der Waals surface area contributed by atoms with Crippen molar-refractivity contribution in [1.29, 1.82) is 0 Å². The third-order valence-electron chi connectivity index (χ3n) is 14.0. The molecule has 12 heteroatoms. The maximum atomic E-state index is 7.24. The molecule has 0 unspecified atom stereocenters. The molecule has 0 N–H and O–H groups in total. The molecule has 0 fully saturated rings. The molecule has 0 aliphatic carbocycles.